The van der Waals surface area contributed by atoms with Crippen molar-refractivity contribution < 1.29 is 14.3 Å². The molecule has 5 nitrogen and oxygen atoms in total. The lowest BCUT2D eigenvalue weighted by molar-refractivity contribution is -0.123. The van der Waals surface area contributed by atoms with E-state index in [-0.39, 0.29) is 18.4 Å². The van der Waals surface area contributed by atoms with Gasteiger partial charge in [-0.1, -0.05) is 29.3 Å². The molecule has 7 heteroatoms. The fourth-order valence-electron chi connectivity index (χ4n) is 1.99. The van der Waals surface area contributed by atoms with E-state index in [0.29, 0.717) is 40.9 Å². The smallest absolute Gasteiger partial charge is 0.257 e. The first-order valence-corrected chi connectivity index (χ1v) is 8.49. The van der Waals surface area contributed by atoms with Crippen molar-refractivity contribution in [2.75, 3.05) is 18.5 Å². The normalized spacial score (nSPS) is 10.2. The summed E-state index contributed by atoms with van der Waals surface area (Å²) in [6.07, 6.45) is 0.834. The second-order valence-electron chi connectivity index (χ2n) is 5.25. The fourth-order valence-corrected chi connectivity index (χ4v) is 2.30. The van der Waals surface area contributed by atoms with Crippen molar-refractivity contribution in [3.05, 3.63) is 58.6 Å². The Balaban J connectivity index is 1.59. The first-order chi connectivity index (χ1) is 12.0. The number of nitrogens with one attached hydrogen (secondary N) is 2. The molecule has 2 amide bonds. The van der Waals surface area contributed by atoms with Gasteiger partial charge in [0.1, 0.15) is 5.75 Å². The largest absolute Gasteiger partial charge is 0.484 e. The van der Waals surface area contributed by atoms with Crippen LogP contribution < -0.4 is 15.4 Å². The first kappa shape index (κ1) is 19.1. The maximum Gasteiger partial charge on any atom is 0.257 e. The van der Waals surface area contributed by atoms with Crippen LogP contribution in [0.3, 0.4) is 0 Å². The highest BCUT2D eigenvalue weighted by atomic mass is 35.5. The SMILES string of the molecule is O=C(COc1cccc(Cl)c1)NCCCC(=O)Nc1ccc(Cl)cc1. The second-order valence-corrected chi connectivity index (χ2v) is 6.13. The highest BCUT2D eigenvalue weighted by molar-refractivity contribution is 6.31. The molecule has 25 heavy (non-hydrogen) atoms. The predicted octanol–water partition coefficient (Wildman–Crippen LogP) is 3.91. The average Bonchev–Trinajstić information content (AvgIpc) is 2.59. The maximum atomic E-state index is 11.8. The van der Waals surface area contributed by atoms with Crippen molar-refractivity contribution in [1.82, 2.24) is 5.32 Å². The van der Waals surface area contributed by atoms with E-state index in [9.17, 15) is 9.59 Å². The first-order valence-electron chi connectivity index (χ1n) is 7.73. The van der Waals surface area contributed by atoms with Crippen LogP contribution in [0.25, 0.3) is 0 Å². The Labute approximate surface area is 156 Å². The molecule has 2 N–H and O–H groups in total. The lowest BCUT2D eigenvalue weighted by atomic mass is 10.2. The van der Waals surface area contributed by atoms with Crippen molar-refractivity contribution in [1.29, 1.82) is 0 Å². The third kappa shape index (κ3) is 7.45. The molecule has 0 aliphatic heterocycles. The van der Waals surface area contributed by atoms with Gasteiger partial charge in [0.25, 0.3) is 5.91 Å². The van der Waals surface area contributed by atoms with Gasteiger partial charge in [-0.15, -0.1) is 0 Å². The molecule has 2 aromatic carbocycles. The molecule has 0 atom stereocenters. The summed E-state index contributed by atoms with van der Waals surface area (Å²) in [7, 11) is 0. The minimum atomic E-state index is -0.252. The molecule has 0 saturated heterocycles. The minimum Gasteiger partial charge on any atom is -0.484 e. The van der Waals surface area contributed by atoms with Crippen LogP contribution in [0.1, 0.15) is 12.8 Å². The maximum absolute atomic E-state index is 11.8. The summed E-state index contributed by atoms with van der Waals surface area (Å²) in [6, 6.07) is 13.7. The standard InChI is InChI=1S/C18H18Cl2N2O3/c19-13-6-8-15(9-7-13)22-17(23)5-2-10-21-18(24)12-25-16-4-1-3-14(20)11-16/h1,3-4,6-9,11H,2,5,10,12H2,(H,21,24)(H,22,23). The van der Waals surface area contributed by atoms with Gasteiger partial charge in [-0.05, 0) is 48.9 Å². The molecule has 0 aromatic heterocycles. The van der Waals surface area contributed by atoms with Gasteiger partial charge in [-0.25, -0.2) is 0 Å². The summed E-state index contributed by atoms with van der Waals surface area (Å²) in [6.45, 7) is 0.295. The lowest BCUT2D eigenvalue weighted by Crippen LogP contribution is -2.30. The third-order valence-corrected chi connectivity index (χ3v) is 3.68. The lowest BCUT2D eigenvalue weighted by Gasteiger charge is -2.08. The Morgan fingerprint density at radius 1 is 0.960 bits per heavy atom. The zero-order chi connectivity index (χ0) is 18.1. The van der Waals surface area contributed by atoms with Gasteiger partial charge < -0.3 is 15.4 Å². The van der Waals surface area contributed by atoms with Crippen LogP contribution >= 0.6 is 23.2 Å². The minimum absolute atomic E-state index is 0.0999. The van der Waals surface area contributed by atoms with Crippen LogP contribution in [0.15, 0.2) is 48.5 Å². The Kier molecular flexibility index (Phi) is 7.57. The summed E-state index contributed by atoms with van der Waals surface area (Å²) in [5.41, 5.74) is 0.688. The van der Waals surface area contributed by atoms with Crippen LogP contribution in [0.4, 0.5) is 5.69 Å². The predicted molar refractivity (Wildman–Crippen MR) is 99.3 cm³/mol. The molecule has 132 valence electrons. The van der Waals surface area contributed by atoms with Gasteiger partial charge in [0.05, 0.1) is 0 Å². The van der Waals surface area contributed by atoms with Gasteiger partial charge >= 0.3 is 0 Å². The average molecular weight is 381 g/mol. The zero-order valence-corrected chi connectivity index (χ0v) is 14.9. The molecule has 0 aliphatic rings. The van der Waals surface area contributed by atoms with E-state index >= 15 is 0 Å². The Morgan fingerprint density at radius 3 is 2.44 bits per heavy atom. The molecule has 2 rings (SSSR count). The van der Waals surface area contributed by atoms with E-state index in [2.05, 4.69) is 10.6 Å². The van der Waals surface area contributed by atoms with E-state index < -0.39 is 0 Å². The number of rotatable bonds is 8. The zero-order valence-electron chi connectivity index (χ0n) is 13.4. The summed E-state index contributed by atoms with van der Waals surface area (Å²) < 4.78 is 5.33. The van der Waals surface area contributed by atoms with Crippen LogP contribution in [0.5, 0.6) is 5.75 Å². The van der Waals surface area contributed by atoms with Crippen LogP contribution in [0, 0.1) is 0 Å². The summed E-state index contributed by atoms with van der Waals surface area (Å²) in [5, 5.41) is 6.62. The van der Waals surface area contributed by atoms with Crippen molar-refractivity contribution in [3.63, 3.8) is 0 Å². The van der Waals surface area contributed by atoms with E-state index in [1.165, 1.54) is 0 Å². The molecule has 0 heterocycles. The number of carbonyl (C=O) groups is 2. The molecule has 0 saturated carbocycles. The van der Waals surface area contributed by atoms with Crippen LogP contribution in [0.2, 0.25) is 10.0 Å². The summed E-state index contributed by atoms with van der Waals surface area (Å²) >= 11 is 11.6. The molecular formula is C18H18Cl2N2O3. The molecule has 0 radical (unpaired) electrons. The van der Waals surface area contributed by atoms with Crippen LogP contribution in [-0.4, -0.2) is 25.0 Å². The number of carbonyl (C=O) groups excluding carboxylic acids is 2. The van der Waals surface area contributed by atoms with E-state index in [0.717, 1.165) is 0 Å². The van der Waals surface area contributed by atoms with E-state index in [1.807, 2.05) is 0 Å². The number of hydrogen-bond donors (Lipinski definition) is 2. The fraction of sp³-hybridized carbons (Fsp3) is 0.222. The molecule has 2 aromatic rings. The molecule has 0 spiro atoms. The van der Waals surface area contributed by atoms with Crippen molar-refractivity contribution in [3.8, 4) is 5.75 Å². The van der Waals surface area contributed by atoms with Crippen LogP contribution in [-0.2, 0) is 9.59 Å². The summed E-state index contributed by atoms with van der Waals surface area (Å²) in [5.74, 6) is 0.162. The van der Waals surface area contributed by atoms with Gasteiger partial charge in [-0.2, -0.15) is 0 Å². The number of hydrogen-bond acceptors (Lipinski definition) is 3. The third-order valence-electron chi connectivity index (χ3n) is 3.20. The van der Waals surface area contributed by atoms with E-state index in [1.54, 1.807) is 48.5 Å². The topological polar surface area (TPSA) is 67.4 Å². The highest BCUT2D eigenvalue weighted by Crippen LogP contribution is 2.17. The summed E-state index contributed by atoms with van der Waals surface area (Å²) in [4.78, 5) is 23.5. The Morgan fingerprint density at radius 2 is 1.72 bits per heavy atom. The quantitative estimate of drug-likeness (QED) is 0.682. The number of halogens is 2. The number of ether oxygens (including phenoxy) is 1. The Hall–Kier alpha value is -2.24. The monoisotopic (exact) mass is 380 g/mol. The second kappa shape index (κ2) is 9.91. The number of anilines is 1. The number of amides is 2. The highest BCUT2D eigenvalue weighted by Gasteiger charge is 2.05. The number of benzene rings is 2. The van der Waals surface area contributed by atoms with Gasteiger partial charge in [0.15, 0.2) is 6.61 Å². The Bertz CT molecular complexity index is 721. The van der Waals surface area contributed by atoms with Crippen molar-refractivity contribution in [2.24, 2.45) is 0 Å². The van der Waals surface area contributed by atoms with Gasteiger partial charge in [-0.3, -0.25) is 9.59 Å². The van der Waals surface area contributed by atoms with Gasteiger partial charge in [0.2, 0.25) is 5.91 Å². The van der Waals surface area contributed by atoms with Gasteiger partial charge in [0, 0.05) is 28.7 Å². The molecule has 0 fully saturated rings. The molecule has 0 bridgehead atoms. The van der Waals surface area contributed by atoms with E-state index in [4.69, 9.17) is 27.9 Å². The molecular weight excluding hydrogens is 363 g/mol. The van der Waals surface area contributed by atoms with Crippen molar-refractivity contribution >= 4 is 40.7 Å². The molecule has 0 unspecified atom stereocenters. The van der Waals surface area contributed by atoms with Crippen molar-refractivity contribution in [2.45, 2.75) is 12.8 Å². The molecule has 0 aliphatic carbocycles.